The lowest BCUT2D eigenvalue weighted by Crippen LogP contribution is -2.27. The van der Waals surface area contributed by atoms with E-state index in [-0.39, 0.29) is 18.5 Å². The zero-order chi connectivity index (χ0) is 16.8. The van der Waals surface area contributed by atoms with Crippen molar-refractivity contribution in [1.29, 1.82) is 0 Å². The minimum atomic E-state index is 0. The summed E-state index contributed by atoms with van der Waals surface area (Å²) in [6.07, 6.45) is 2.29. The molecule has 6 heteroatoms. The molecule has 0 amide bonds. The third-order valence-corrected chi connectivity index (χ3v) is 3.59. The number of hydrogen-bond donors (Lipinski definition) is 1. The van der Waals surface area contributed by atoms with Crippen LogP contribution < -0.4 is 10.1 Å². The average molecular weight is 353 g/mol. The first kappa shape index (κ1) is 20.5. The summed E-state index contributed by atoms with van der Waals surface area (Å²) in [6.45, 7) is 6.94. The molecule has 0 radical (unpaired) electrons. The van der Waals surface area contributed by atoms with Crippen LogP contribution >= 0.6 is 12.4 Å². The summed E-state index contributed by atoms with van der Waals surface area (Å²) in [6, 6.07) is 8.19. The summed E-state index contributed by atoms with van der Waals surface area (Å²) >= 11 is 0. The van der Waals surface area contributed by atoms with Crippen LogP contribution in [0.3, 0.4) is 0 Å². The second kappa shape index (κ2) is 9.67. The quantitative estimate of drug-likeness (QED) is 0.793. The Morgan fingerprint density at radius 3 is 2.50 bits per heavy atom. The molecule has 0 aliphatic heterocycles. The van der Waals surface area contributed by atoms with Gasteiger partial charge in [-0.05, 0) is 52.2 Å². The Hall–Kier alpha value is -1.56. The fraction of sp³-hybridized carbons (Fsp3) is 0.500. The summed E-state index contributed by atoms with van der Waals surface area (Å²) in [5.41, 5.74) is 3.40. The van der Waals surface area contributed by atoms with Crippen molar-refractivity contribution in [3.63, 3.8) is 0 Å². The van der Waals surface area contributed by atoms with Crippen LogP contribution in [0.5, 0.6) is 5.75 Å². The molecule has 2 rings (SSSR count). The van der Waals surface area contributed by atoms with Gasteiger partial charge < -0.3 is 15.0 Å². The van der Waals surface area contributed by atoms with Crippen molar-refractivity contribution in [2.45, 2.75) is 26.5 Å². The molecular weight excluding hydrogens is 324 g/mol. The van der Waals surface area contributed by atoms with Gasteiger partial charge in [-0.25, -0.2) is 0 Å². The van der Waals surface area contributed by atoms with Crippen molar-refractivity contribution in [3.8, 4) is 17.0 Å². The smallest absolute Gasteiger partial charge is 0.119 e. The molecule has 1 aromatic carbocycles. The van der Waals surface area contributed by atoms with Gasteiger partial charge in [-0.1, -0.05) is 0 Å². The van der Waals surface area contributed by atoms with Gasteiger partial charge in [0.15, 0.2) is 0 Å². The van der Waals surface area contributed by atoms with Gasteiger partial charge in [-0.3, -0.25) is 4.68 Å². The number of aromatic nitrogens is 2. The average Bonchev–Trinajstić information content (AvgIpc) is 2.86. The van der Waals surface area contributed by atoms with E-state index in [1.54, 1.807) is 0 Å². The number of hydrogen-bond acceptors (Lipinski definition) is 4. The Morgan fingerprint density at radius 2 is 1.92 bits per heavy atom. The Bertz CT molecular complexity index is 610. The highest BCUT2D eigenvalue weighted by Crippen LogP contribution is 2.25. The van der Waals surface area contributed by atoms with Crippen LogP contribution in [0.4, 0.5) is 0 Å². The molecule has 1 N–H and O–H groups in total. The van der Waals surface area contributed by atoms with Crippen molar-refractivity contribution in [2.75, 3.05) is 27.2 Å². The second-order valence-corrected chi connectivity index (χ2v) is 6.21. The van der Waals surface area contributed by atoms with Gasteiger partial charge >= 0.3 is 0 Å². The molecule has 0 saturated carbocycles. The number of nitrogens with zero attached hydrogens (tertiary/aromatic N) is 3. The van der Waals surface area contributed by atoms with Gasteiger partial charge in [-0.2, -0.15) is 5.10 Å². The lowest BCUT2D eigenvalue weighted by Gasteiger charge is -2.16. The molecule has 0 aliphatic carbocycles. The highest BCUT2D eigenvalue weighted by atomic mass is 35.5. The van der Waals surface area contributed by atoms with Gasteiger partial charge in [-0.15, -0.1) is 12.4 Å². The van der Waals surface area contributed by atoms with E-state index in [9.17, 15) is 0 Å². The standard InChI is InChI=1S/C18H28N4O.ClH/c1-14(2)23-17-8-6-15(7-9-17)18-16(13-22(5)20-18)12-21(4)11-10-19-3;/h6-9,13-14,19H,10-12H2,1-5H3;1H. The van der Waals surface area contributed by atoms with Crippen LogP contribution in [0.2, 0.25) is 0 Å². The van der Waals surface area contributed by atoms with Crippen LogP contribution in [0.1, 0.15) is 19.4 Å². The molecule has 5 nitrogen and oxygen atoms in total. The maximum atomic E-state index is 5.71. The maximum absolute atomic E-state index is 5.71. The van der Waals surface area contributed by atoms with Crippen LogP contribution in [0.25, 0.3) is 11.3 Å². The van der Waals surface area contributed by atoms with Crippen molar-refractivity contribution >= 4 is 12.4 Å². The van der Waals surface area contributed by atoms with E-state index in [0.29, 0.717) is 0 Å². The van der Waals surface area contributed by atoms with Crippen LogP contribution in [-0.4, -0.2) is 48.0 Å². The summed E-state index contributed by atoms with van der Waals surface area (Å²) in [5.74, 6) is 0.896. The lowest BCUT2D eigenvalue weighted by atomic mass is 10.1. The van der Waals surface area contributed by atoms with Gasteiger partial charge in [0.25, 0.3) is 0 Å². The molecule has 0 atom stereocenters. The number of benzene rings is 1. The van der Waals surface area contributed by atoms with E-state index < -0.39 is 0 Å². The molecule has 134 valence electrons. The lowest BCUT2D eigenvalue weighted by molar-refractivity contribution is 0.242. The van der Waals surface area contributed by atoms with Gasteiger partial charge in [0.1, 0.15) is 5.75 Å². The summed E-state index contributed by atoms with van der Waals surface area (Å²) in [4.78, 5) is 2.30. The number of nitrogens with one attached hydrogen (secondary N) is 1. The molecule has 0 saturated heterocycles. The number of halogens is 1. The third-order valence-electron chi connectivity index (χ3n) is 3.59. The minimum Gasteiger partial charge on any atom is -0.491 e. The first-order valence-electron chi connectivity index (χ1n) is 8.12. The van der Waals surface area contributed by atoms with E-state index in [1.807, 2.05) is 44.8 Å². The van der Waals surface area contributed by atoms with Crippen LogP contribution in [-0.2, 0) is 13.6 Å². The van der Waals surface area contributed by atoms with Crippen LogP contribution in [0.15, 0.2) is 30.5 Å². The molecular formula is C18H29ClN4O. The van der Waals surface area contributed by atoms with Crippen molar-refractivity contribution in [3.05, 3.63) is 36.0 Å². The van der Waals surface area contributed by atoms with Gasteiger partial charge in [0, 0.05) is 44.0 Å². The summed E-state index contributed by atoms with van der Waals surface area (Å²) < 4.78 is 7.59. The molecule has 1 aromatic heterocycles. The zero-order valence-electron chi connectivity index (χ0n) is 15.2. The van der Waals surface area contributed by atoms with E-state index in [4.69, 9.17) is 4.74 Å². The van der Waals surface area contributed by atoms with Crippen LogP contribution in [0, 0.1) is 0 Å². The second-order valence-electron chi connectivity index (χ2n) is 6.21. The van der Waals surface area contributed by atoms with Gasteiger partial charge in [0.2, 0.25) is 0 Å². The van der Waals surface area contributed by atoms with E-state index in [2.05, 4.69) is 40.7 Å². The van der Waals surface area contributed by atoms with E-state index in [1.165, 1.54) is 5.56 Å². The monoisotopic (exact) mass is 352 g/mol. The molecule has 24 heavy (non-hydrogen) atoms. The third kappa shape index (κ3) is 5.82. The Labute approximate surface area is 151 Å². The summed E-state index contributed by atoms with van der Waals surface area (Å²) in [5, 5.41) is 7.82. The normalized spacial score (nSPS) is 11.0. The molecule has 0 spiro atoms. The number of ether oxygens (including phenoxy) is 1. The fourth-order valence-corrected chi connectivity index (χ4v) is 2.53. The first-order chi connectivity index (χ1) is 11.0. The fourth-order valence-electron chi connectivity index (χ4n) is 2.53. The molecule has 0 bridgehead atoms. The summed E-state index contributed by atoms with van der Waals surface area (Å²) in [7, 11) is 6.08. The largest absolute Gasteiger partial charge is 0.491 e. The van der Waals surface area contributed by atoms with Crippen molar-refractivity contribution in [2.24, 2.45) is 7.05 Å². The number of aryl methyl sites for hydroxylation is 1. The minimum absolute atomic E-state index is 0. The van der Waals surface area contributed by atoms with E-state index >= 15 is 0 Å². The Kier molecular flexibility index (Phi) is 8.25. The molecule has 0 aliphatic rings. The predicted molar refractivity (Wildman–Crippen MR) is 102 cm³/mol. The van der Waals surface area contributed by atoms with Crippen molar-refractivity contribution < 1.29 is 4.74 Å². The molecule has 0 fully saturated rings. The van der Waals surface area contributed by atoms with Gasteiger partial charge in [0.05, 0.1) is 11.8 Å². The molecule has 1 heterocycles. The zero-order valence-corrected chi connectivity index (χ0v) is 16.1. The molecule has 2 aromatic rings. The first-order valence-corrected chi connectivity index (χ1v) is 8.12. The highest BCUT2D eigenvalue weighted by Gasteiger charge is 2.12. The number of rotatable bonds is 8. The van der Waals surface area contributed by atoms with Crippen molar-refractivity contribution in [1.82, 2.24) is 20.0 Å². The Morgan fingerprint density at radius 1 is 1.25 bits per heavy atom. The SMILES string of the molecule is CNCCN(C)Cc1cn(C)nc1-c1ccc(OC(C)C)cc1.Cl. The van der Waals surface area contributed by atoms with E-state index in [0.717, 1.165) is 36.6 Å². The maximum Gasteiger partial charge on any atom is 0.119 e. The topological polar surface area (TPSA) is 42.3 Å². The Balaban J connectivity index is 0.00000288. The number of likely N-dealkylation sites (N-methyl/N-ethyl adjacent to an activating group) is 2. The predicted octanol–water partition coefficient (Wildman–Crippen LogP) is 2.95. The molecule has 0 unspecified atom stereocenters. The highest BCUT2D eigenvalue weighted by molar-refractivity contribution is 5.85.